The monoisotopic (exact) mass is 314 g/mol. The van der Waals surface area contributed by atoms with Crippen LogP contribution in [-0.2, 0) is 4.79 Å². The summed E-state index contributed by atoms with van der Waals surface area (Å²) in [5.74, 6) is 2.43. The summed E-state index contributed by atoms with van der Waals surface area (Å²) in [6.45, 7) is 0. The molecule has 0 radical (unpaired) electrons. The molecular weight excluding hydrogens is 292 g/mol. The van der Waals surface area contributed by atoms with Gasteiger partial charge in [0.15, 0.2) is 5.75 Å². The lowest BCUT2D eigenvalue weighted by molar-refractivity contribution is -0.105. The van der Waals surface area contributed by atoms with Gasteiger partial charge in [0.1, 0.15) is 0 Å². The summed E-state index contributed by atoms with van der Waals surface area (Å²) < 4.78 is 0. The molecular formula is C18H22N2O3. The number of carbonyl (C=O) groups excluding carboxylic acids is 2. The number of hydrogen-bond donors (Lipinski definition) is 3. The molecule has 0 spiro atoms. The molecule has 0 aliphatic heterocycles. The zero-order chi connectivity index (χ0) is 16.1. The zero-order valence-electron chi connectivity index (χ0n) is 13.0. The fourth-order valence-corrected chi connectivity index (χ4v) is 5.73. The average Bonchev–Trinajstić information content (AvgIpc) is 2.49. The van der Waals surface area contributed by atoms with E-state index in [1.165, 1.54) is 32.1 Å². The molecule has 4 bridgehead atoms. The fourth-order valence-electron chi connectivity index (χ4n) is 5.73. The van der Waals surface area contributed by atoms with Gasteiger partial charge in [0.05, 0.1) is 11.3 Å². The van der Waals surface area contributed by atoms with E-state index in [1.807, 2.05) is 6.07 Å². The molecule has 0 aromatic heterocycles. The second-order valence-electron chi connectivity index (χ2n) is 7.51. The van der Waals surface area contributed by atoms with Crippen LogP contribution in [0.4, 0.5) is 5.69 Å². The van der Waals surface area contributed by atoms with Crippen LogP contribution in [0.1, 0.15) is 53.9 Å². The molecule has 4 saturated carbocycles. The summed E-state index contributed by atoms with van der Waals surface area (Å²) >= 11 is 0. The lowest BCUT2D eigenvalue weighted by Crippen LogP contribution is -2.44. The van der Waals surface area contributed by atoms with Crippen LogP contribution in [0.5, 0.6) is 5.75 Å². The average molecular weight is 314 g/mol. The lowest BCUT2D eigenvalue weighted by Gasteiger charge is -2.54. The topological polar surface area (TPSA) is 92.4 Å². The number of aromatic hydroxyl groups is 1. The molecule has 0 heterocycles. The molecule has 5 nitrogen and oxygen atoms in total. The molecule has 4 aliphatic rings. The molecule has 0 atom stereocenters. The maximum absolute atomic E-state index is 11.5. The van der Waals surface area contributed by atoms with E-state index >= 15 is 0 Å². The van der Waals surface area contributed by atoms with Crippen LogP contribution in [0, 0.1) is 23.7 Å². The van der Waals surface area contributed by atoms with E-state index in [0.717, 1.165) is 17.4 Å². The first-order valence-corrected chi connectivity index (χ1v) is 8.44. The first-order chi connectivity index (χ1) is 11.1. The van der Waals surface area contributed by atoms with Gasteiger partial charge in [0, 0.05) is 0 Å². The lowest BCUT2D eigenvalue weighted by atomic mass is 9.50. The van der Waals surface area contributed by atoms with Gasteiger partial charge in [0.2, 0.25) is 6.41 Å². The number of phenols is 1. The molecule has 4 aliphatic carbocycles. The Morgan fingerprint density at radius 3 is 2.26 bits per heavy atom. The van der Waals surface area contributed by atoms with Crippen LogP contribution in [0.15, 0.2) is 12.1 Å². The molecule has 0 unspecified atom stereocenters. The summed E-state index contributed by atoms with van der Waals surface area (Å²) in [6.07, 6.45) is 6.92. The smallest absolute Gasteiger partial charge is 0.252 e. The molecule has 1 aromatic rings. The van der Waals surface area contributed by atoms with Crippen molar-refractivity contribution in [3.63, 3.8) is 0 Å². The van der Waals surface area contributed by atoms with Crippen molar-refractivity contribution in [3.8, 4) is 5.75 Å². The molecule has 4 N–H and O–H groups in total. The van der Waals surface area contributed by atoms with Crippen molar-refractivity contribution in [2.24, 2.45) is 29.4 Å². The summed E-state index contributed by atoms with van der Waals surface area (Å²) in [5.41, 5.74) is 6.70. The second-order valence-corrected chi connectivity index (χ2v) is 7.51. The van der Waals surface area contributed by atoms with Gasteiger partial charge >= 0.3 is 0 Å². The van der Waals surface area contributed by atoms with Gasteiger partial charge in [-0.2, -0.15) is 0 Å². The van der Waals surface area contributed by atoms with Crippen molar-refractivity contribution in [1.29, 1.82) is 0 Å². The summed E-state index contributed by atoms with van der Waals surface area (Å²) in [4.78, 5) is 22.5. The Kier molecular flexibility index (Phi) is 3.32. The van der Waals surface area contributed by atoms with Gasteiger partial charge in [-0.05, 0) is 73.3 Å². The Morgan fingerprint density at radius 1 is 1.13 bits per heavy atom. The highest BCUT2D eigenvalue weighted by Crippen LogP contribution is 2.61. The normalized spacial score (nSPS) is 34.3. The minimum absolute atomic E-state index is 0.0573. The minimum Gasteiger partial charge on any atom is -0.505 e. The van der Waals surface area contributed by atoms with Crippen LogP contribution in [0.2, 0.25) is 0 Å². The number of anilines is 1. The van der Waals surface area contributed by atoms with Gasteiger partial charge in [-0.25, -0.2) is 0 Å². The van der Waals surface area contributed by atoms with Gasteiger partial charge in [-0.3, -0.25) is 9.59 Å². The molecule has 5 heteroatoms. The number of nitrogens with two attached hydrogens (primary N) is 1. The number of primary amides is 1. The second kappa shape index (κ2) is 5.25. The van der Waals surface area contributed by atoms with Crippen LogP contribution in [0.25, 0.3) is 0 Å². The number of benzene rings is 1. The predicted octanol–water partition coefficient (Wildman–Crippen LogP) is 2.60. The Hall–Kier alpha value is -2.04. The van der Waals surface area contributed by atoms with Crippen LogP contribution >= 0.6 is 0 Å². The highest BCUT2D eigenvalue weighted by molar-refractivity contribution is 5.99. The van der Waals surface area contributed by atoms with E-state index in [0.29, 0.717) is 29.9 Å². The Labute approximate surface area is 135 Å². The number of amides is 2. The SMILES string of the molecule is NC(=O)c1ccc(C2C3CC4CC(C3)CC2C4)c(NC=O)c1O. The van der Waals surface area contributed by atoms with Gasteiger partial charge in [-0.15, -0.1) is 0 Å². The quantitative estimate of drug-likeness (QED) is 0.589. The summed E-state index contributed by atoms with van der Waals surface area (Å²) in [7, 11) is 0. The Bertz CT molecular complexity index is 642. The van der Waals surface area contributed by atoms with E-state index in [9.17, 15) is 14.7 Å². The number of nitrogens with one attached hydrogen (secondary N) is 1. The van der Waals surface area contributed by atoms with E-state index in [1.54, 1.807) is 6.07 Å². The maximum atomic E-state index is 11.5. The summed E-state index contributed by atoms with van der Waals surface area (Å²) in [6, 6.07) is 3.46. The highest BCUT2D eigenvalue weighted by Gasteiger charge is 2.49. The van der Waals surface area contributed by atoms with Crippen molar-refractivity contribution in [2.45, 2.75) is 38.0 Å². The molecule has 23 heavy (non-hydrogen) atoms. The Balaban J connectivity index is 1.78. The molecule has 5 rings (SSSR count). The summed E-state index contributed by atoms with van der Waals surface area (Å²) in [5, 5.41) is 13.0. The van der Waals surface area contributed by atoms with Gasteiger partial charge < -0.3 is 16.2 Å². The predicted molar refractivity (Wildman–Crippen MR) is 86.1 cm³/mol. The Morgan fingerprint density at radius 2 is 1.74 bits per heavy atom. The van der Waals surface area contributed by atoms with E-state index in [2.05, 4.69) is 5.32 Å². The zero-order valence-corrected chi connectivity index (χ0v) is 13.0. The molecule has 1 aromatic carbocycles. The fraction of sp³-hybridized carbons (Fsp3) is 0.556. The molecule has 4 fully saturated rings. The van der Waals surface area contributed by atoms with Crippen LogP contribution in [-0.4, -0.2) is 17.4 Å². The highest BCUT2D eigenvalue weighted by atomic mass is 16.3. The van der Waals surface area contributed by atoms with Crippen molar-refractivity contribution in [2.75, 3.05) is 5.32 Å². The third-order valence-corrected chi connectivity index (χ3v) is 6.26. The number of hydrogen-bond acceptors (Lipinski definition) is 3. The number of rotatable bonds is 4. The van der Waals surface area contributed by atoms with E-state index in [-0.39, 0.29) is 11.3 Å². The molecule has 2 amide bonds. The van der Waals surface area contributed by atoms with Crippen molar-refractivity contribution in [3.05, 3.63) is 23.3 Å². The third kappa shape index (κ3) is 2.21. The number of carbonyl (C=O) groups is 2. The largest absolute Gasteiger partial charge is 0.505 e. The third-order valence-electron chi connectivity index (χ3n) is 6.26. The first-order valence-electron chi connectivity index (χ1n) is 8.44. The maximum Gasteiger partial charge on any atom is 0.252 e. The standard InChI is InChI=1S/C18H22N2O3/c19-18(23)14-2-1-13(16(17(14)22)20-8-21)15-11-4-9-3-10(6-11)7-12(15)5-9/h1-2,8-12,15,22H,3-7H2,(H2,19,23)(H,20,21). The van der Waals surface area contributed by atoms with Crippen molar-refractivity contribution in [1.82, 2.24) is 0 Å². The van der Waals surface area contributed by atoms with E-state index < -0.39 is 5.91 Å². The van der Waals surface area contributed by atoms with Crippen molar-refractivity contribution >= 4 is 18.0 Å². The van der Waals surface area contributed by atoms with E-state index in [4.69, 9.17) is 5.73 Å². The van der Waals surface area contributed by atoms with Crippen molar-refractivity contribution < 1.29 is 14.7 Å². The first kappa shape index (κ1) is 14.5. The molecule has 122 valence electrons. The molecule has 0 saturated heterocycles. The van der Waals surface area contributed by atoms with Gasteiger partial charge in [0.25, 0.3) is 5.91 Å². The minimum atomic E-state index is -0.687. The van der Waals surface area contributed by atoms with Crippen LogP contribution < -0.4 is 11.1 Å². The van der Waals surface area contributed by atoms with Gasteiger partial charge in [-0.1, -0.05) is 6.07 Å². The van der Waals surface area contributed by atoms with Crippen LogP contribution in [0.3, 0.4) is 0 Å².